The van der Waals surface area contributed by atoms with Gasteiger partial charge in [0.05, 0.1) is 23.8 Å². The number of hydrogen-bond donors (Lipinski definition) is 4. The fourth-order valence-corrected chi connectivity index (χ4v) is 6.81. The standard InChI is InChI=1S/C40H56N8O14S2/c1-37(2,3)58-33(51)28(22-57-26-16-14-24(15-17-26)25-20-46(12)47(21-25)19-13-18-41-35(52)59-38(4,5)6)61-45-29(27-23-63-34(42-27)44-36(53)60-39(7,8)9)31(49)43-30-32(50)48(40(30,10)11)62-64(54,55)56/h14-17,20-21,23,28,30H,13,18-19,22H2,1-12H3,(H3-,41,42,43,44,49,52,53,54,55,56)/p+1/b45-29-. The van der Waals surface area contributed by atoms with Gasteiger partial charge in [-0.15, -0.1) is 20.3 Å². The minimum absolute atomic E-state index is 0.00841. The van der Waals surface area contributed by atoms with Gasteiger partial charge in [0.15, 0.2) is 17.9 Å². The van der Waals surface area contributed by atoms with Crippen LogP contribution < -0.4 is 25.4 Å². The highest BCUT2D eigenvalue weighted by atomic mass is 32.3. The van der Waals surface area contributed by atoms with Crippen molar-refractivity contribution in [1.82, 2.24) is 25.4 Å². The van der Waals surface area contributed by atoms with E-state index in [9.17, 15) is 32.4 Å². The maximum absolute atomic E-state index is 13.9. The molecule has 1 aliphatic heterocycles. The summed E-state index contributed by atoms with van der Waals surface area (Å²) in [5.41, 5.74) is -2.86. The second-order valence-electron chi connectivity index (χ2n) is 18.0. The van der Waals surface area contributed by atoms with E-state index in [2.05, 4.69) is 30.4 Å². The van der Waals surface area contributed by atoms with Gasteiger partial charge in [-0.05, 0) is 100 Å². The Kier molecular flexibility index (Phi) is 15.8. The smallest absolute Gasteiger partial charge is 0.418 e. The molecule has 2 atom stereocenters. The number of rotatable bonds is 17. The molecule has 24 heteroatoms. The summed E-state index contributed by atoms with van der Waals surface area (Å²) in [6.07, 6.45) is 1.69. The molecule has 0 radical (unpaired) electrons. The van der Waals surface area contributed by atoms with E-state index in [1.54, 1.807) is 74.4 Å². The van der Waals surface area contributed by atoms with E-state index in [4.69, 9.17) is 28.3 Å². The first-order chi connectivity index (χ1) is 29.4. The molecule has 3 heterocycles. The maximum atomic E-state index is 13.9. The summed E-state index contributed by atoms with van der Waals surface area (Å²) in [6.45, 7) is 18.6. The summed E-state index contributed by atoms with van der Waals surface area (Å²) in [4.78, 5) is 74.6. The average molecular weight is 938 g/mol. The first-order valence-corrected chi connectivity index (χ1v) is 22.2. The number of aryl methyl sites for hydroxylation is 2. The van der Waals surface area contributed by atoms with Gasteiger partial charge < -0.3 is 34.4 Å². The number of alkyl carbamates (subject to hydrolysis) is 1. The second kappa shape index (κ2) is 19.9. The summed E-state index contributed by atoms with van der Waals surface area (Å²) < 4.78 is 62.2. The van der Waals surface area contributed by atoms with Crippen LogP contribution in [0.15, 0.2) is 47.2 Å². The lowest BCUT2D eigenvalue weighted by Crippen LogP contribution is -2.76. The predicted octanol–water partition coefficient (Wildman–Crippen LogP) is 4.05. The van der Waals surface area contributed by atoms with E-state index >= 15 is 0 Å². The van der Waals surface area contributed by atoms with Gasteiger partial charge >= 0.3 is 28.6 Å². The minimum atomic E-state index is -5.08. The summed E-state index contributed by atoms with van der Waals surface area (Å²) in [5.74, 6) is -2.64. The number of nitrogens with one attached hydrogen (secondary N) is 3. The Morgan fingerprint density at radius 1 is 0.953 bits per heavy atom. The molecule has 4 rings (SSSR count). The number of nitrogens with zero attached hydrogens (tertiary/aromatic N) is 5. The van der Waals surface area contributed by atoms with Crippen LogP contribution in [0.2, 0.25) is 0 Å². The molecule has 1 aliphatic rings. The van der Waals surface area contributed by atoms with Gasteiger partial charge in [-0.1, -0.05) is 17.3 Å². The lowest BCUT2D eigenvalue weighted by Gasteiger charge is -2.50. The Labute approximate surface area is 375 Å². The van der Waals surface area contributed by atoms with Crippen LogP contribution in [0, 0.1) is 0 Å². The van der Waals surface area contributed by atoms with Crippen molar-refractivity contribution < 1.29 is 69.7 Å². The molecule has 1 aromatic carbocycles. The molecule has 1 fully saturated rings. The van der Waals surface area contributed by atoms with Crippen molar-refractivity contribution in [3.8, 4) is 16.9 Å². The van der Waals surface area contributed by atoms with Crippen LogP contribution in [0.1, 0.15) is 88.3 Å². The minimum Gasteiger partial charge on any atom is -0.489 e. The van der Waals surface area contributed by atoms with Crippen molar-refractivity contribution in [3.63, 3.8) is 0 Å². The number of carbonyl (C=O) groups is 5. The van der Waals surface area contributed by atoms with Crippen LogP contribution in [0.4, 0.5) is 14.7 Å². The van der Waals surface area contributed by atoms with E-state index < -0.39 is 87.2 Å². The number of hydroxylamine groups is 2. The third-order valence-corrected chi connectivity index (χ3v) is 9.57. The van der Waals surface area contributed by atoms with E-state index in [1.165, 1.54) is 19.2 Å². The predicted molar refractivity (Wildman–Crippen MR) is 230 cm³/mol. The molecule has 0 aliphatic carbocycles. The number of hydrogen-bond acceptors (Lipinski definition) is 16. The van der Waals surface area contributed by atoms with Crippen LogP contribution in [-0.4, -0.2) is 111 Å². The molecule has 0 bridgehead atoms. The van der Waals surface area contributed by atoms with Gasteiger partial charge in [0.2, 0.25) is 6.20 Å². The van der Waals surface area contributed by atoms with Crippen molar-refractivity contribution in [3.05, 3.63) is 47.7 Å². The Morgan fingerprint density at radius 2 is 1.56 bits per heavy atom. The second-order valence-corrected chi connectivity index (χ2v) is 19.9. The molecular weight excluding hydrogens is 881 g/mol. The number of oxime groups is 1. The fourth-order valence-electron chi connectivity index (χ4n) is 5.67. The van der Waals surface area contributed by atoms with E-state index in [0.717, 1.165) is 22.5 Å². The average Bonchev–Trinajstić information content (AvgIpc) is 3.75. The van der Waals surface area contributed by atoms with Crippen LogP contribution >= 0.6 is 11.3 Å². The van der Waals surface area contributed by atoms with Gasteiger partial charge in [-0.25, -0.2) is 19.4 Å². The summed E-state index contributed by atoms with van der Waals surface area (Å²) in [7, 11) is -3.19. The first-order valence-electron chi connectivity index (χ1n) is 19.9. The number of ether oxygens (including phenoxy) is 4. The molecule has 4 amide bonds. The quantitative estimate of drug-likeness (QED) is 0.0217. The largest absolute Gasteiger partial charge is 0.489 e. The number of benzene rings is 1. The molecule has 2 unspecified atom stereocenters. The molecule has 3 aromatic rings. The van der Waals surface area contributed by atoms with Crippen molar-refractivity contribution in [2.45, 2.75) is 124 Å². The zero-order chi connectivity index (χ0) is 48.0. The number of carbonyl (C=O) groups excluding carboxylic acids is 5. The lowest BCUT2D eigenvalue weighted by molar-refractivity contribution is -0.753. The molecule has 0 spiro atoms. The van der Waals surface area contributed by atoms with Crippen LogP contribution in [0.5, 0.6) is 5.75 Å². The number of thiazole rings is 1. The fraction of sp³-hybridized carbons (Fsp3) is 0.550. The molecule has 22 nitrogen and oxygen atoms in total. The SMILES string of the molecule is C[n+]1cc(-c2ccc(OCC(O/N=C(\C(=O)NC3C(=O)N(OS(=O)(=O)O)C3(C)C)c3csc(NC(=O)OC(C)(C)C)n3)C(=O)OC(C)(C)C)cc2)cn1CCCNC(=O)OC(C)(C)C. The van der Waals surface area contributed by atoms with Crippen molar-refractivity contribution >= 4 is 62.5 Å². The van der Waals surface area contributed by atoms with E-state index in [0.29, 0.717) is 30.3 Å². The van der Waals surface area contributed by atoms with Crippen LogP contribution in [-0.2, 0) is 61.7 Å². The van der Waals surface area contributed by atoms with Gasteiger partial charge in [-0.2, -0.15) is 18.2 Å². The Hall–Kier alpha value is -5.85. The van der Waals surface area contributed by atoms with E-state index in [-0.39, 0.29) is 10.8 Å². The highest BCUT2D eigenvalue weighted by Gasteiger charge is 2.58. The summed E-state index contributed by atoms with van der Waals surface area (Å²) >= 11 is 0.893. The molecule has 64 heavy (non-hydrogen) atoms. The van der Waals surface area contributed by atoms with Crippen LogP contribution in [0.25, 0.3) is 11.1 Å². The molecule has 1 saturated heterocycles. The van der Waals surface area contributed by atoms with Crippen molar-refractivity contribution in [2.75, 3.05) is 18.5 Å². The first kappa shape index (κ1) is 50.8. The van der Waals surface area contributed by atoms with Crippen molar-refractivity contribution in [2.24, 2.45) is 12.2 Å². The topological polar surface area (TPSA) is 268 Å². The monoisotopic (exact) mass is 937 g/mol. The molecule has 4 N–H and O–H groups in total. The van der Waals surface area contributed by atoms with Crippen molar-refractivity contribution in [1.29, 1.82) is 0 Å². The number of anilines is 1. The maximum Gasteiger partial charge on any atom is 0.418 e. The Morgan fingerprint density at radius 3 is 2.14 bits per heavy atom. The molecular formula is C40H57N8O14S2+. The van der Waals surface area contributed by atoms with Gasteiger partial charge in [-0.3, -0.25) is 19.5 Å². The summed E-state index contributed by atoms with van der Waals surface area (Å²) in [6, 6.07) is 5.62. The Bertz CT molecular complexity index is 2320. The number of aromatic nitrogens is 3. The number of amides is 4. The highest BCUT2D eigenvalue weighted by Crippen LogP contribution is 2.33. The normalized spacial score (nSPS) is 16.0. The third kappa shape index (κ3) is 15.2. The molecule has 2 aromatic heterocycles. The van der Waals surface area contributed by atoms with Crippen LogP contribution in [0.3, 0.4) is 0 Å². The summed E-state index contributed by atoms with van der Waals surface area (Å²) in [5, 5.41) is 13.3. The van der Waals surface area contributed by atoms with Gasteiger partial charge in [0.25, 0.3) is 17.9 Å². The third-order valence-electron chi connectivity index (χ3n) is 8.47. The number of esters is 1. The molecule has 352 valence electrons. The van der Waals surface area contributed by atoms with Gasteiger partial charge in [0.1, 0.15) is 40.9 Å². The highest BCUT2D eigenvalue weighted by molar-refractivity contribution is 7.80. The van der Waals surface area contributed by atoms with E-state index in [1.807, 2.05) is 40.9 Å². The lowest BCUT2D eigenvalue weighted by atomic mass is 9.84. The zero-order valence-electron chi connectivity index (χ0n) is 37.8. The number of β-lactam (4-membered cyclic amide) rings is 1. The Balaban J connectivity index is 1.53. The van der Waals surface area contributed by atoms with Gasteiger partial charge in [0, 0.05) is 11.9 Å². The zero-order valence-corrected chi connectivity index (χ0v) is 39.5. The molecule has 0 saturated carbocycles.